The van der Waals surface area contributed by atoms with Gasteiger partial charge in [-0.25, -0.2) is 8.42 Å². The molecule has 0 bridgehead atoms. The number of nitrogens with one attached hydrogen (secondary N) is 1. The summed E-state index contributed by atoms with van der Waals surface area (Å²) in [6.07, 6.45) is 0.700. The fourth-order valence-electron chi connectivity index (χ4n) is 1.41. The minimum atomic E-state index is -3.12. The molecule has 1 aromatic carbocycles. The second-order valence-corrected chi connectivity index (χ2v) is 6.06. The van der Waals surface area contributed by atoms with E-state index in [1.165, 1.54) is 6.92 Å². The molecule has 0 heterocycles. The Labute approximate surface area is 102 Å². The van der Waals surface area contributed by atoms with Crippen molar-refractivity contribution in [3.63, 3.8) is 0 Å². The molecule has 0 radical (unpaired) electrons. The Balaban J connectivity index is 2.66. The van der Waals surface area contributed by atoms with E-state index >= 15 is 0 Å². The summed E-state index contributed by atoms with van der Waals surface area (Å²) in [5.74, 6) is 0.0493. The van der Waals surface area contributed by atoms with Crippen molar-refractivity contribution in [1.29, 1.82) is 0 Å². The Morgan fingerprint density at radius 3 is 2.29 bits per heavy atom. The number of carbonyl (C=O) groups excluding carboxylic acids is 1. The summed E-state index contributed by atoms with van der Waals surface area (Å²) in [5, 5.41) is 2.69. The summed E-state index contributed by atoms with van der Waals surface area (Å²) < 4.78 is 23.1. The molecule has 0 aromatic heterocycles. The van der Waals surface area contributed by atoms with Gasteiger partial charge < -0.3 is 5.32 Å². The minimum Gasteiger partial charge on any atom is -0.356 e. The summed E-state index contributed by atoms with van der Waals surface area (Å²) in [7, 11) is -3.12. The van der Waals surface area contributed by atoms with E-state index in [9.17, 15) is 13.2 Å². The Morgan fingerprint density at radius 1 is 1.24 bits per heavy atom. The van der Waals surface area contributed by atoms with Crippen LogP contribution in [0.2, 0.25) is 0 Å². The van der Waals surface area contributed by atoms with Crippen molar-refractivity contribution in [3.05, 3.63) is 29.8 Å². The largest absolute Gasteiger partial charge is 0.356 e. The van der Waals surface area contributed by atoms with Crippen molar-refractivity contribution in [3.8, 4) is 0 Å². The molecule has 1 amide bonds. The molecule has 1 N–H and O–H groups in total. The lowest BCUT2D eigenvalue weighted by atomic mass is 10.1. The highest BCUT2D eigenvalue weighted by atomic mass is 32.2. The fraction of sp³-hybridized carbons (Fsp3) is 0.417. The average molecular weight is 255 g/mol. The minimum absolute atomic E-state index is 0.0600. The first-order valence-corrected chi connectivity index (χ1v) is 7.17. The van der Waals surface area contributed by atoms with Crippen LogP contribution in [-0.4, -0.2) is 26.6 Å². The summed E-state index contributed by atoms with van der Waals surface area (Å²) in [4.78, 5) is 11.0. The van der Waals surface area contributed by atoms with Crippen molar-refractivity contribution in [2.45, 2.75) is 25.2 Å². The molecule has 0 fully saturated rings. The normalized spacial score (nSPS) is 11.2. The monoisotopic (exact) mass is 255 g/mol. The Hall–Kier alpha value is -1.36. The van der Waals surface area contributed by atoms with Crippen LogP contribution in [0, 0.1) is 0 Å². The average Bonchev–Trinajstić information content (AvgIpc) is 2.29. The predicted molar refractivity (Wildman–Crippen MR) is 66.6 cm³/mol. The van der Waals surface area contributed by atoms with Gasteiger partial charge in [0.2, 0.25) is 5.91 Å². The number of amides is 1. The zero-order valence-corrected chi connectivity index (χ0v) is 10.9. The van der Waals surface area contributed by atoms with E-state index in [1.54, 1.807) is 31.2 Å². The van der Waals surface area contributed by atoms with Crippen LogP contribution >= 0.6 is 0 Å². The Kier molecular flexibility index (Phi) is 4.69. The second kappa shape index (κ2) is 5.82. The molecule has 0 saturated heterocycles. The first kappa shape index (κ1) is 13.7. The molecule has 0 spiro atoms. The van der Waals surface area contributed by atoms with E-state index in [-0.39, 0.29) is 11.7 Å². The maximum absolute atomic E-state index is 11.6. The highest BCUT2D eigenvalue weighted by Crippen LogP contribution is 2.12. The van der Waals surface area contributed by atoms with E-state index in [4.69, 9.17) is 0 Å². The molecule has 1 rings (SSSR count). The van der Waals surface area contributed by atoms with E-state index in [0.717, 1.165) is 5.56 Å². The van der Waals surface area contributed by atoms with Gasteiger partial charge in [-0.1, -0.05) is 19.1 Å². The molecule has 4 nitrogen and oxygen atoms in total. The van der Waals surface area contributed by atoms with Crippen LogP contribution in [0.15, 0.2) is 29.2 Å². The standard InChI is InChI=1S/C12H17NO3S/c1-3-17(15,16)12-6-4-11(5-7-12)8-9-13-10(2)14/h4-7H,3,8-9H2,1-2H3,(H,13,14). The van der Waals surface area contributed by atoms with E-state index in [1.807, 2.05) is 0 Å². The van der Waals surface area contributed by atoms with Gasteiger partial charge in [-0.2, -0.15) is 0 Å². The third-order valence-corrected chi connectivity index (χ3v) is 4.20. The number of benzene rings is 1. The third kappa shape index (κ3) is 4.19. The van der Waals surface area contributed by atoms with Gasteiger partial charge in [-0.15, -0.1) is 0 Å². The van der Waals surface area contributed by atoms with Crippen molar-refractivity contribution in [2.75, 3.05) is 12.3 Å². The fourth-order valence-corrected chi connectivity index (χ4v) is 2.30. The van der Waals surface area contributed by atoms with Gasteiger partial charge in [-0.3, -0.25) is 4.79 Å². The van der Waals surface area contributed by atoms with Crippen LogP contribution < -0.4 is 5.32 Å². The molecule has 17 heavy (non-hydrogen) atoms. The number of hydrogen-bond donors (Lipinski definition) is 1. The van der Waals surface area contributed by atoms with E-state index in [2.05, 4.69) is 5.32 Å². The maximum Gasteiger partial charge on any atom is 0.216 e. The van der Waals surface area contributed by atoms with Crippen LogP contribution in [-0.2, 0) is 21.1 Å². The first-order valence-electron chi connectivity index (χ1n) is 5.52. The molecule has 1 aromatic rings. The number of hydrogen-bond acceptors (Lipinski definition) is 3. The molecule has 0 aliphatic carbocycles. The lowest BCUT2D eigenvalue weighted by molar-refractivity contribution is -0.118. The topological polar surface area (TPSA) is 63.2 Å². The lowest BCUT2D eigenvalue weighted by Crippen LogP contribution is -2.22. The van der Waals surface area contributed by atoms with Crippen molar-refractivity contribution in [1.82, 2.24) is 5.32 Å². The third-order valence-electron chi connectivity index (χ3n) is 2.45. The zero-order chi connectivity index (χ0) is 12.9. The molecule has 94 valence electrons. The molecular formula is C12H17NO3S. The van der Waals surface area contributed by atoms with Gasteiger partial charge in [0.15, 0.2) is 9.84 Å². The number of sulfone groups is 1. The smallest absolute Gasteiger partial charge is 0.216 e. The molecule has 5 heteroatoms. The van der Waals surface area contributed by atoms with Crippen LogP contribution in [0.3, 0.4) is 0 Å². The second-order valence-electron chi connectivity index (χ2n) is 3.78. The molecule has 0 atom stereocenters. The van der Waals surface area contributed by atoms with Gasteiger partial charge in [0.25, 0.3) is 0 Å². The number of rotatable bonds is 5. The van der Waals surface area contributed by atoms with Crippen molar-refractivity contribution >= 4 is 15.7 Å². The predicted octanol–water partition coefficient (Wildman–Crippen LogP) is 1.16. The Morgan fingerprint density at radius 2 is 1.82 bits per heavy atom. The SMILES string of the molecule is CCS(=O)(=O)c1ccc(CCNC(C)=O)cc1. The quantitative estimate of drug-likeness (QED) is 0.858. The molecule has 0 aliphatic rings. The molecular weight excluding hydrogens is 238 g/mol. The van der Waals surface area contributed by atoms with Crippen LogP contribution in [0.25, 0.3) is 0 Å². The summed E-state index contributed by atoms with van der Waals surface area (Å²) >= 11 is 0. The molecule has 0 saturated carbocycles. The first-order chi connectivity index (χ1) is 7.95. The van der Waals surface area contributed by atoms with Gasteiger partial charge in [0.05, 0.1) is 10.6 Å². The maximum atomic E-state index is 11.6. The Bertz CT molecular complexity index is 477. The summed E-state index contributed by atoms with van der Waals surface area (Å²) in [5.41, 5.74) is 1.01. The highest BCUT2D eigenvalue weighted by Gasteiger charge is 2.10. The van der Waals surface area contributed by atoms with Crippen molar-refractivity contribution in [2.24, 2.45) is 0 Å². The van der Waals surface area contributed by atoms with Gasteiger partial charge in [-0.05, 0) is 24.1 Å². The van der Waals surface area contributed by atoms with Crippen LogP contribution in [0.4, 0.5) is 0 Å². The van der Waals surface area contributed by atoms with Gasteiger partial charge in [0.1, 0.15) is 0 Å². The van der Waals surface area contributed by atoms with E-state index < -0.39 is 9.84 Å². The van der Waals surface area contributed by atoms with Crippen LogP contribution in [0.5, 0.6) is 0 Å². The zero-order valence-electron chi connectivity index (χ0n) is 10.1. The highest BCUT2D eigenvalue weighted by molar-refractivity contribution is 7.91. The van der Waals surface area contributed by atoms with Gasteiger partial charge in [0, 0.05) is 13.5 Å². The van der Waals surface area contributed by atoms with Gasteiger partial charge >= 0.3 is 0 Å². The summed E-state index contributed by atoms with van der Waals surface area (Å²) in [6.45, 7) is 3.66. The lowest BCUT2D eigenvalue weighted by Gasteiger charge is -2.04. The number of carbonyl (C=O) groups is 1. The summed E-state index contributed by atoms with van der Waals surface area (Å²) in [6, 6.07) is 6.79. The van der Waals surface area contributed by atoms with E-state index in [0.29, 0.717) is 17.9 Å². The molecule has 0 unspecified atom stereocenters. The van der Waals surface area contributed by atoms with Crippen molar-refractivity contribution < 1.29 is 13.2 Å². The molecule has 0 aliphatic heterocycles. The van der Waals surface area contributed by atoms with Crippen LogP contribution in [0.1, 0.15) is 19.4 Å².